The van der Waals surface area contributed by atoms with E-state index >= 15 is 0 Å². The second kappa shape index (κ2) is 6.47. The van der Waals surface area contributed by atoms with E-state index in [1.165, 1.54) is 32.1 Å². The summed E-state index contributed by atoms with van der Waals surface area (Å²) in [6, 6.07) is -0.126. The minimum Gasteiger partial charge on any atom is -0.311 e. The third-order valence-electron chi connectivity index (χ3n) is 5.02. The lowest BCUT2D eigenvalue weighted by atomic mass is 9.80. The van der Waals surface area contributed by atoms with Gasteiger partial charge in [-0.2, -0.15) is 13.2 Å². The molecule has 0 radical (unpaired) electrons. The highest BCUT2D eigenvalue weighted by Crippen LogP contribution is 2.38. The van der Waals surface area contributed by atoms with Crippen LogP contribution in [0.3, 0.4) is 0 Å². The number of rotatable bonds is 3. The van der Waals surface area contributed by atoms with Crippen LogP contribution >= 0.6 is 0 Å². The molecule has 0 saturated heterocycles. The zero-order chi connectivity index (χ0) is 13.9. The van der Waals surface area contributed by atoms with E-state index in [2.05, 4.69) is 12.2 Å². The van der Waals surface area contributed by atoms with Crippen molar-refractivity contribution in [3.63, 3.8) is 0 Å². The lowest BCUT2D eigenvalue weighted by Gasteiger charge is -2.38. The normalized spacial score (nSPS) is 32.2. The number of halogens is 3. The monoisotopic (exact) mass is 277 g/mol. The zero-order valence-electron chi connectivity index (χ0n) is 11.8. The van der Waals surface area contributed by atoms with Crippen LogP contribution in [0.1, 0.15) is 64.7 Å². The SMILES string of the molecule is C[C@@H](NC1CCCCC1C(F)(F)F)C1CCCCC1. The number of alkyl halides is 3. The Balaban J connectivity index is 1.91. The highest BCUT2D eigenvalue weighted by molar-refractivity contribution is 4.88. The molecule has 4 heteroatoms. The van der Waals surface area contributed by atoms with Crippen molar-refractivity contribution in [3.8, 4) is 0 Å². The third kappa shape index (κ3) is 4.11. The summed E-state index contributed by atoms with van der Waals surface area (Å²) in [4.78, 5) is 0. The van der Waals surface area contributed by atoms with Crippen molar-refractivity contribution >= 4 is 0 Å². The lowest BCUT2D eigenvalue weighted by molar-refractivity contribution is -0.189. The van der Waals surface area contributed by atoms with Gasteiger partial charge in [-0.15, -0.1) is 0 Å². The maximum atomic E-state index is 13.0. The molecule has 1 nitrogen and oxygen atoms in total. The van der Waals surface area contributed by atoms with Gasteiger partial charge in [0.25, 0.3) is 0 Å². The summed E-state index contributed by atoms with van der Waals surface area (Å²) in [5.41, 5.74) is 0. The lowest BCUT2D eigenvalue weighted by Crippen LogP contribution is -2.50. The van der Waals surface area contributed by atoms with E-state index in [0.717, 1.165) is 12.8 Å². The topological polar surface area (TPSA) is 12.0 Å². The fraction of sp³-hybridized carbons (Fsp3) is 1.00. The van der Waals surface area contributed by atoms with Crippen LogP contribution in [0.5, 0.6) is 0 Å². The van der Waals surface area contributed by atoms with Crippen molar-refractivity contribution < 1.29 is 13.2 Å². The summed E-state index contributed by atoms with van der Waals surface area (Å²) >= 11 is 0. The van der Waals surface area contributed by atoms with E-state index in [-0.39, 0.29) is 12.1 Å². The fourth-order valence-corrected chi connectivity index (χ4v) is 3.83. The van der Waals surface area contributed by atoms with E-state index in [9.17, 15) is 13.2 Å². The van der Waals surface area contributed by atoms with Crippen LogP contribution in [0.25, 0.3) is 0 Å². The first-order chi connectivity index (χ1) is 8.98. The molecular weight excluding hydrogens is 251 g/mol. The summed E-state index contributed by atoms with van der Waals surface area (Å²) in [6.45, 7) is 2.08. The van der Waals surface area contributed by atoms with Gasteiger partial charge in [-0.25, -0.2) is 0 Å². The van der Waals surface area contributed by atoms with Crippen molar-refractivity contribution in [1.82, 2.24) is 5.32 Å². The predicted molar refractivity (Wildman–Crippen MR) is 71.0 cm³/mol. The maximum Gasteiger partial charge on any atom is 0.393 e. The van der Waals surface area contributed by atoms with Gasteiger partial charge in [0.2, 0.25) is 0 Å². The summed E-state index contributed by atoms with van der Waals surface area (Å²) in [6.07, 6.45) is 4.73. The second-order valence-corrected chi connectivity index (χ2v) is 6.39. The minimum atomic E-state index is -4.04. The van der Waals surface area contributed by atoms with Gasteiger partial charge >= 0.3 is 6.18 Å². The Morgan fingerprint density at radius 3 is 2.11 bits per heavy atom. The van der Waals surface area contributed by atoms with Crippen molar-refractivity contribution in [1.29, 1.82) is 0 Å². The Labute approximate surface area is 114 Å². The molecular formula is C15H26F3N. The molecule has 3 atom stereocenters. The predicted octanol–water partition coefficient (Wildman–Crippen LogP) is 4.67. The summed E-state index contributed by atoms with van der Waals surface area (Å²) in [7, 11) is 0. The molecule has 0 aromatic heterocycles. The first-order valence-corrected chi connectivity index (χ1v) is 7.81. The molecule has 2 unspecified atom stereocenters. The molecule has 0 aromatic carbocycles. The van der Waals surface area contributed by atoms with Crippen LogP contribution in [0.15, 0.2) is 0 Å². The van der Waals surface area contributed by atoms with Gasteiger partial charge in [0.05, 0.1) is 5.92 Å². The molecule has 0 spiro atoms. The van der Waals surface area contributed by atoms with Gasteiger partial charge in [-0.3, -0.25) is 0 Å². The molecule has 2 saturated carbocycles. The van der Waals surface area contributed by atoms with Crippen LogP contribution < -0.4 is 5.32 Å². The molecule has 0 amide bonds. The molecule has 112 valence electrons. The van der Waals surface area contributed by atoms with E-state index in [4.69, 9.17) is 0 Å². The quantitative estimate of drug-likeness (QED) is 0.790. The van der Waals surface area contributed by atoms with Gasteiger partial charge in [-0.1, -0.05) is 32.1 Å². The van der Waals surface area contributed by atoms with E-state index < -0.39 is 12.1 Å². The van der Waals surface area contributed by atoms with E-state index in [1.807, 2.05) is 0 Å². The van der Waals surface area contributed by atoms with Crippen LogP contribution in [0.2, 0.25) is 0 Å². The standard InChI is InChI=1S/C15H26F3N/c1-11(12-7-3-2-4-8-12)19-14-10-6-5-9-13(14)15(16,17)18/h11-14,19H,2-10H2,1H3/t11-,13?,14?/m1/s1. The molecule has 1 N–H and O–H groups in total. The zero-order valence-corrected chi connectivity index (χ0v) is 11.8. The van der Waals surface area contributed by atoms with Crippen LogP contribution in [0.4, 0.5) is 13.2 Å². The van der Waals surface area contributed by atoms with Crippen molar-refractivity contribution in [2.45, 2.75) is 83.0 Å². The minimum absolute atomic E-state index is 0.230. The number of hydrogen-bond acceptors (Lipinski definition) is 1. The van der Waals surface area contributed by atoms with Gasteiger partial charge < -0.3 is 5.32 Å². The molecule has 19 heavy (non-hydrogen) atoms. The molecule has 2 aliphatic rings. The van der Waals surface area contributed by atoms with Crippen LogP contribution in [0, 0.1) is 11.8 Å². The number of hydrogen-bond donors (Lipinski definition) is 1. The Hall–Kier alpha value is -0.250. The molecule has 0 aliphatic heterocycles. The Morgan fingerprint density at radius 2 is 1.47 bits per heavy atom. The molecule has 0 heterocycles. The summed E-state index contributed by atoms with van der Waals surface area (Å²) < 4.78 is 39.1. The van der Waals surface area contributed by atoms with Crippen molar-refractivity contribution in [2.75, 3.05) is 0 Å². The Kier molecular flexibility index (Phi) is 5.15. The summed E-state index contributed by atoms with van der Waals surface area (Å²) in [5, 5.41) is 3.33. The highest BCUT2D eigenvalue weighted by atomic mass is 19.4. The third-order valence-corrected chi connectivity index (χ3v) is 5.02. The van der Waals surface area contributed by atoms with Gasteiger partial charge in [0.1, 0.15) is 0 Å². The number of nitrogens with one attached hydrogen (secondary N) is 1. The average Bonchev–Trinajstić information content (AvgIpc) is 2.39. The second-order valence-electron chi connectivity index (χ2n) is 6.39. The van der Waals surface area contributed by atoms with Crippen molar-refractivity contribution in [3.05, 3.63) is 0 Å². The van der Waals surface area contributed by atoms with E-state index in [0.29, 0.717) is 18.8 Å². The molecule has 2 rings (SSSR count). The summed E-state index contributed by atoms with van der Waals surface area (Å²) in [5.74, 6) is -0.558. The average molecular weight is 277 g/mol. The first-order valence-electron chi connectivity index (χ1n) is 7.81. The largest absolute Gasteiger partial charge is 0.393 e. The van der Waals surface area contributed by atoms with E-state index in [1.54, 1.807) is 0 Å². The van der Waals surface area contributed by atoms with Crippen LogP contribution in [-0.2, 0) is 0 Å². The molecule has 2 fully saturated rings. The Morgan fingerprint density at radius 1 is 0.895 bits per heavy atom. The smallest absolute Gasteiger partial charge is 0.311 e. The molecule has 0 aromatic rings. The van der Waals surface area contributed by atoms with Crippen LogP contribution in [-0.4, -0.2) is 18.3 Å². The van der Waals surface area contributed by atoms with Gasteiger partial charge in [0, 0.05) is 12.1 Å². The maximum absolute atomic E-state index is 13.0. The van der Waals surface area contributed by atoms with Crippen molar-refractivity contribution in [2.24, 2.45) is 11.8 Å². The van der Waals surface area contributed by atoms with Gasteiger partial charge in [-0.05, 0) is 38.5 Å². The molecule has 0 bridgehead atoms. The first kappa shape index (κ1) is 15.1. The fourth-order valence-electron chi connectivity index (χ4n) is 3.83. The highest BCUT2D eigenvalue weighted by Gasteiger charge is 2.45. The Bertz CT molecular complexity index is 271. The molecule has 2 aliphatic carbocycles. The van der Waals surface area contributed by atoms with Gasteiger partial charge in [0.15, 0.2) is 0 Å².